The number of nitrogens with one attached hydrogen (secondary N) is 1. The number of fused-ring (bicyclic) bond motifs is 2. The number of nitrogens with zero attached hydrogens (tertiary/aromatic N) is 1. The molecule has 3 nitrogen and oxygen atoms in total. The van der Waals surface area contributed by atoms with E-state index in [4.69, 9.17) is 4.42 Å². The molecular weight excluding hydrogens is 212 g/mol. The highest BCUT2D eigenvalue weighted by Gasteiger charge is 2.37. The molecule has 17 heavy (non-hydrogen) atoms. The number of likely N-dealkylation sites (tertiary alicyclic amines) is 1. The fraction of sp³-hybridized carbons (Fsp3) is 0.714. The van der Waals surface area contributed by atoms with E-state index in [0.717, 1.165) is 43.1 Å². The second-order valence-corrected chi connectivity index (χ2v) is 5.41. The third kappa shape index (κ3) is 2.40. The number of rotatable bonds is 5. The Kier molecular flexibility index (Phi) is 3.21. The quantitative estimate of drug-likeness (QED) is 0.848. The molecule has 2 heterocycles. The first-order valence-electron chi connectivity index (χ1n) is 6.87. The highest BCUT2D eigenvalue weighted by molar-refractivity contribution is 5.08. The average molecular weight is 234 g/mol. The third-order valence-electron chi connectivity index (χ3n) is 4.15. The van der Waals surface area contributed by atoms with Gasteiger partial charge in [-0.25, -0.2) is 0 Å². The molecule has 0 spiro atoms. The molecule has 94 valence electrons. The van der Waals surface area contributed by atoms with Crippen LogP contribution in [0.15, 0.2) is 16.5 Å². The van der Waals surface area contributed by atoms with E-state index in [1.807, 2.05) is 0 Å². The molecule has 2 bridgehead atoms. The molecule has 1 aromatic rings. The van der Waals surface area contributed by atoms with E-state index in [-0.39, 0.29) is 0 Å². The van der Waals surface area contributed by atoms with Crippen molar-refractivity contribution in [1.29, 1.82) is 0 Å². The largest absolute Gasteiger partial charge is 0.463 e. The van der Waals surface area contributed by atoms with Crippen LogP contribution in [0.2, 0.25) is 0 Å². The molecule has 2 unspecified atom stereocenters. The van der Waals surface area contributed by atoms with Gasteiger partial charge in [-0.05, 0) is 43.9 Å². The monoisotopic (exact) mass is 234 g/mol. The first-order valence-corrected chi connectivity index (χ1v) is 6.87. The molecule has 1 aliphatic carbocycles. The van der Waals surface area contributed by atoms with Crippen molar-refractivity contribution in [1.82, 2.24) is 10.2 Å². The van der Waals surface area contributed by atoms with Gasteiger partial charge in [-0.15, -0.1) is 0 Å². The summed E-state index contributed by atoms with van der Waals surface area (Å²) >= 11 is 0. The Labute approximate surface area is 103 Å². The van der Waals surface area contributed by atoms with Crippen molar-refractivity contribution >= 4 is 0 Å². The van der Waals surface area contributed by atoms with Crippen LogP contribution in [-0.2, 0) is 13.1 Å². The third-order valence-corrected chi connectivity index (χ3v) is 4.15. The van der Waals surface area contributed by atoms with Crippen LogP contribution >= 0.6 is 0 Å². The summed E-state index contributed by atoms with van der Waals surface area (Å²) in [5.74, 6) is 3.16. The Morgan fingerprint density at radius 2 is 2.24 bits per heavy atom. The molecule has 0 aromatic carbocycles. The zero-order chi connectivity index (χ0) is 11.7. The van der Waals surface area contributed by atoms with Gasteiger partial charge in [0.25, 0.3) is 0 Å². The molecule has 2 aliphatic rings. The van der Waals surface area contributed by atoms with Crippen LogP contribution in [0.4, 0.5) is 0 Å². The summed E-state index contributed by atoms with van der Waals surface area (Å²) in [6, 6.07) is 5.08. The Morgan fingerprint density at radius 1 is 1.35 bits per heavy atom. The summed E-state index contributed by atoms with van der Waals surface area (Å²) in [5.41, 5.74) is 0. The molecule has 3 heteroatoms. The van der Waals surface area contributed by atoms with Gasteiger partial charge in [0.2, 0.25) is 0 Å². The van der Waals surface area contributed by atoms with Crippen LogP contribution in [0.5, 0.6) is 0 Å². The van der Waals surface area contributed by atoms with E-state index in [1.165, 1.54) is 25.8 Å². The van der Waals surface area contributed by atoms with E-state index < -0.39 is 0 Å². The molecule has 1 saturated heterocycles. The van der Waals surface area contributed by atoms with Gasteiger partial charge in [0.05, 0.1) is 13.1 Å². The maximum absolute atomic E-state index is 5.85. The minimum absolute atomic E-state index is 0.835. The predicted octanol–water partition coefficient (Wildman–Crippen LogP) is 2.37. The van der Waals surface area contributed by atoms with Crippen LogP contribution in [0, 0.1) is 5.92 Å². The Morgan fingerprint density at radius 3 is 2.94 bits per heavy atom. The van der Waals surface area contributed by atoms with Crippen molar-refractivity contribution in [3.8, 4) is 0 Å². The first-order chi connectivity index (χ1) is 8.35. The van der Waals surface area contributed by atoms with Crippen LogP contribution in [0.1, 0.15) is 37.7 Å². The number of furan rings is 1. The maximum Gasteiger partial charge on any atom is 0.118 e. The number of piperidine rings is 1. The lowest BCUT2D eigenvalue weighted by Gasteiger charge is -2.25. The van der Waals surface area contributed by atoms with Gasteiger partial charge in [-0.2, -0.15) is 0 Å². The summed E-state index contributed by atoms with van der Waals surface area (Å²) in [4.78, 5) is 2.60. The second kappa shape index (κ2) is 4.83. The highest BCUT2D eigenvalue weighted by Crippen LogP contribution is 2.38. The van der Waals surface area contributed by atoms with Gasteiger partial charge in [0.15, 0.2) is 0 Å². The van der Waals surface area contributed by atoms with Crippen molar-refractivity contribution in [2.75, 3.05) is 13.1 Å². The van der Waals surface area contributed by atoms with Gasteiger partial charge in [0.1, 0.15) is 11.5 Å². The summed E-state index contributed by atoms with van der Waals surface area (Å²) in [5, 5.41) is 3.29. The fourth-order valence-corrected chi connectivity index (χ4v) is 3.27. The summed E-state index contributed by atoms with van der Waals surface area (Å²) in [7, 11) is 0. The molecule has 2 fully saturated rings. The normalized spacial score (nSPS) is 28.1. The molecule has 0 amide bonds. The average Bonchev–Trinajstić information content (AvgIpc) is 3.02. The van der Waals surface area contributed by atoms with Crippen molar-refractivity contribution in [3.63, 3.8) is 0 Å². The van der Waals surface area contributed by atoms with Gasteiger partial charge >= 0.3 is 0 Å². The molecule has 3 rings (SSSR count). The minimum Gasteiger partial charge on any atom is -0.463 e. The van der Waals surface area contributed by atoms with E-state index in [2.05, 4.69) is 29.3 Å². The Hall–Kier alpha value is -0.800. The van der Waals surface area contributed by atoms with Crippen molar-refractivity contribution in [3.05, 3.63) is 23.7 Å². The SMILES string of the molecule is CCNCc1ccc(CN2CC3CCC2C3)o1. The zero-order valence-electron chi connectivity index (χ0n) is 10.6. The summed E-state index contributed by atoms with van der Waals surface area (Å²) in [6.07, 6.45) is 4.27. The van der Waals surface area contributed by atoms with Crippen LogP contribution in [0.3, 0.4) is 0 Å². The maximum atomic E-state index is 5.85. The van der Waals surface area contributed by atoms with Gasteiger partial charge in [-0.3, -0.25) is 4.90 Å². The summed E-state index contributed by atoms with van der Waals surface area (Å²) < 4.78 is 5.85. The van der Waals surface area contributed by atoms with E-state index in [1.54, 1.807) is 0 Å². The molecule has 0 radical (unpaired) electrons. The van der Waals surface area contributed by atoms with E-state index >= 15 is 0 Å². The van der Waals surface area contributed by atoms with Gasteiger partial charge in [0, 0.05) is 12.6 Å². The molecule has 2 atom stereocenters. The molecule has 1 aromatic heterocycles. The van der Waals surface area contributed by atoms with Crippen LogP contribution < -0.4 is 5.32 Å². The van der Waals surface area contributed by atoms with Crippen LogP contribution in [0.25, 0.3) is 0 Å². The van der Waals surface area contributed by atoms with Crippen LogP contribution in [-0.4, -0.2) is 24.0 Å². The molecule has 1 aliphatic heterocycles. The van der Waals surface area contributed by atoms with E-state index in [9.17, 15) is 0 Å². The lowest BCUT2D eigenvalue weighted by Crippen LogP contribution is -2.31. The van der Waals surface area contributed by atoms with E-state index in [0.29, 0.717) is 0 Å². The fourth-order valence-electron chi connectivity index (χ4n) is 3.27. The topological polar surface area (TPSA) is 28.4 Å². The first kappa shape index (κ1) is 11.3. The van der Waals surface area contributed by atoms with Crippen molar-refractivity contribution in [2.24, 2.45) is 5.92 Å². The zero-order valence-corrected chi connectivity index (χ0v) is 10.6. The highest BCUT2D eigenvalue weighted by atomic mass is 16.3. The smallest absolute Gasteiger partial charge is 0.118 e. The standard InChI is InChI=1S/C14H22N2O/c1-2-15-8-13-5-6-14(17-13)10-16-9-11-3-4-12(16)7-11/h5-6,11-12,15H,2-4,7-10H2,1H3. The lowest BCUT2D eigenvalue weighted by molar-refractivity contribution is 0.189. The van der Waals surface area contributed by atoms with Crippen molar-refractivity contribution in [2.45, 2.75) is 45.3 Å². The minimum atomic E-state index is 0.835. The van der Waals surface area contributed by atoms with Gasteiger partial charge in [-0.1, -0.05) is 6.92 Å². The molecule has 1 saturated carbocycles. The molecular formula is C14H22N2O. The molecule has 1 N–H and O–H groups in total. The summed E-state index contributed by atoms with van der Waals surface area (Å²) in [6.45, 7) is 6.25. The Balaban J connectivity index is 1.56. The van der Waals surface area contributed by atoms with Crippen molar-refractivity contribution < 1.29 is 4.42 Å². The second-order valence-electron chi connectivity index (χ2n) is 5.41. The number of hydrogen-bond acceptors (Lipinski definition) is 3. The van der Waals surface area contributed by atoms with Gasteiger partial charge < -0.3 is 9.73 Å². The number of hydrogen-bond donors (Lipinski definition) is 1. The lowest BCUT2D eigenvalue weighted by atomic mass is 10.1. The predicted molar refractivity (Wildman–Crippen MR) is 67.6 cm³/mol. The Bertz CT molecular complexity index is 374.